The van der Waals surface area contributed by atoms with Gasteiger partial charge in [0, 0.05) is 4.91 Å². The van der Waals surface area contributed by atoms with Crippen molar-refractivity contribution in [2.24, 2.45) is 0 Å². The molecule has 0 aliphatic heterocycles. The molecule has 1 aliphatic carbocycles. The molecule has 1 aromatic rings. The first kappa shape index (κ1) is 18.4. The van der Waals surface area contributed by atoms with Gasteiger partial charge in [-0.2, -0.15) is 0 Å². The second kappa shape index (κ2) is 6.53. The molecule has 3 nitrogen and oxygen atoms in total. The molecular formula is C18H28O3SSi. The summed E-state index contributed by atoms with van der Waals surface area (Å²) in [4.78, 5) is 0.887. The Bertz CT molecular complexity index is 670. The summed E-state index contributed by atoms with van der Waals surface area (Å²) < 4.78 is 32.0. The minimum atomic E-state index is -3.39. The van der Waals surface area contributed by atoms with Crippen molar-refractivity contribution in [3.05, 3.63) is 41.3 Å². The number of hydrogen-bond acceptors (Lipinski definition) is 3. The molecule has 0 bridgehead atoms. The van der Waals surface area contributed by atoms with Gasteiger partial charge < -0.3 is 4.43 Å². The monoisotopic (exact) mass is 352 g/mol. The maximum Gasteiger partial charge on any atom is 0.202 e. The fourth-order valence-electron chi connectivity index (χ4n) is 2.47. The predicted octanol–water partition coefficient (Wildman–Crippen LogP) is 4.92. The van der Waals surface area contributed by atoms with Gasteiger partial charge in [-0.25, -0.2) is 8.42 Å². The number of hydrogen-bond donors (Lipinski definition) is 0. The van der Waals surface area contributed by atoms with Gasteiger partial charge in [-0.3, -0.25) is 0 Å². The molecule has 0 aromatic heterocycles. The zero-order valence-corrected chi connectivity index (χ0v) is 16.6. The van der Waals surface area contributed by atoms with Crippen LogP contribution in [0, 0.1) is 0 Å². The van der Waals surface area contributed by atoms with Crippen molar-refractivity contribution < 1.29 is 12.8 Å². The molecule has 0 amide bonds. The summed E-state index contributed by atoms with van der Waals surface area (Å²) in [6, 6.07) is 8.68. The van der Waals surface area contributed by atoms with Gasteiger partial charge in [-0.15, -0.1) is 0 Å². The zero-order chi connectivity index (χ0) is 17.3. The van der Waals surface area contributed by atoms with E-state index in [4.69, 9.17) is 4.43 Å². The second-order valence-electron chi connectivity index (χ2n) is 7.76. The number of sulfone groups is 1. The van der Waals surface area contributed by atoms with E-state index in [1.54, 1.807) is 24.3 Å². The van der Waals surface area contributed by atoms with Gasteiger partial charge in [0.15, 0.2) is 8.32 Å². The standard InChI is InChI=1S/C18H28O3SSi/c1-18(2,3)23(4,5)21-15-10-9-13-17(14-15)22(19,20)16-11-7-6-8-12-16/h6-8,11-12,14-15H,9-10,13H2,1-5H3/t15-/m1/s1. The van der Waals surface area contributed by atoms with Crippen molar-refractivity contribution in [2.75, 3.05) is 0 Å². The molecule has 0 saturated carbocycles. The summed E-state index contributed by atoms with van der Waals surface area (Å²) in [5.41, 5.74) is 0. The fraction of sp³-hybridized carbons (Fsp3) is 0.556. The zero-order valence-electron chi connectivity index (χ0n) is 14.8. The molecule has 0 heterocycles. The van der Waals surface area contributed by atoms with Crippen LogP contribution in [-0.4, -0.2) is 22.8 Å². The van der Waals surface area contributed by atoms with Crippen molar-refractivity contribution in [3.8, 4) is 0 Å². The van der Waals surface area contributed by atoms with Gasteiger partial charge in [-0.05, 0) is 55.6 Å². The topological polar surface area (TPSA) is 43.4 Å². The van der Waals surface area contributed by atoms with Crippen LogP contribution in [0.15, 0.2) is 46.2 Å². The first-order chi connectivity index (χ1) is 10.5. The maximum atomic E-state index is 12.8. The minimum Gasteiger partial charge on any atom is -0.411 e. The lowest BCUT2D eigenvalue weighted by molar-refractivity contribution is 0.206. The third kappa shape index (κ3) is 4.14. The highest BCUT2D eigenvalue weighted by molar-refractivity contribution is 7.95. The van der Waals surface area contributed by atoms with E-state index < -0.39 is 18.2 Å². The maximum absolute atomic E-state index is 12.8. The lowest BCUT2D eigenvalue weighted by Crippen LogP contribution is -2.44. The highest BCUT2D eigenvalue weighted by atomic mass is 32.2. The van der Waals surface area contributed by atoms with Crippen LogP contribution in [0.25, 0.3) is 0 Å². The molecule has 23 heavy (non-hydrogen) atoms. The number of allylic oxidation sites excluding steroid dienone is 1. The number of rotatable bonds is 4. The number of benzene rings is 1. The van der Waals surface area contributed by atoms with Crippen molar-refractivity contribution in [1.82, 2.24) is 0 Å². The van der Waals surface area contributed by atoms with E-state index in [1.165, 1.54) is 0 Å². The van der Waals surface area contributed by atoms with Crippen LogP contribution in [0.5, 0.6) is 0 Å². The first-order valence-corrected chi connectivity index (χ1v) is 12.6. The predicted molar refractivity (Wildman–Crippen MR) is 97.6 cm³/mol. The van der Waals surface area contributed by atoms with Crippen molar-refractivity contribution in [2.45, 2.75) is 69.2 Å². The Balaban J connectivity index is 2.26. The van der Waals surface area contributed by atoms with Crippen LogP contribution in [-0.2, 0) is 14.3 Å². The van der Waals surface area contributed by atoms with Crippen LogP contribution >= 0.6 is 0 Å². The molecule has 1 atom stereocenters. The van der Waals surface area contributed by atoms with Crippen LogP contribution in [0.1, 0.15) is 40.0 Å². The van der Waals surface area contributed by atoms with Gasteiger partial charge in [-0.1, -0.05) is 39.0 Å². The molecule has 0 fully saturated rings. The lowest BCUT2D eigenvalue weighted by atomic mass is 10.1. The van der Waals surface area contributed by atoms with E-state index >= 15 is 0 Å². The SMILES string of the molecule is CC(C)(C)[Si](C)(C)O[C@H]1C=C(S(=O)(=O)c2ccccc2)CCC1. The van der Waals surface area contributed by atoms with Crippen molar-refractivity contribution >= 4 is 18.2 Å². The smallest absolute Gasteiger partial charge is 0.202 e. The van der Waals surface area contributed by atoms with Crippen LogP contribution < -0.4 is 0 Å². The van der Waals surface area contributed by atoms with Crippen LogP contribution in [0.4, 0.5) is 0 Å². The van der Waals surface area contributed by atoms with E-state index in [1.807, 2.05) is 12.1 Å². The molecule has 1 aromatic carbocycles. The van der Waals surface area contributed by atoms with Gasteiger partial charge in [0.25, 0.3) is 0 Å². The van der Waals surface area contributed by atoms with Crippen molar-refractivity contribution in [3.63, 3.8) is 0 Å². The third-order valence-electron chi connectivity index (χ3n) is 4.93. The molecule has 0 unspecified atom stereocenters. The van der Waals surface area contributed by atoms with E-state index in [0.29, 0.717) is 16.2 Å². The Morgan fingerprint density at radius 3 is 2.30 bits per heavy atom. The summed E-state index contributed by atoms with van der Waals surface area (Å²) in [6.07, 6.45) is 4.14. The van der Waals surface area contributed by atoms with Gasteiger partial charge in [0.2, 0.25) is 9.84 Å². The molecule has 0 spiro atoms. The average Bonchev–Trinajstić information content (AvgIpc) is 2.47. The lowest BCUT2D eigenvalue weighted by Gasteiger charge is -2.39. The molecular weight excluding hydrogens is 324 g/mol. The normalized spacial score (nSPS) is 20.2. The third-order valence-corrected chi connectivity index (χ3v) is 11.4. The first-order valence-electron chi connectivity index (χ1n) is 8.23. The molecule has 0 saturated heterocycles. The molecule has 2 rings (SSSR count). The summed E-state index contributed by atoms with van der Waals surface area (Å²) in [5.74, 6) is 0. The summed E-state index contributed by atoms with van der Waals surface area (Å²) in [6.45, 7) is 11.0. The van der Waals surface area contributed by atoms with E-state index in [9.17, 15) is 8.42 Å². The van der Waals surface area contributed by atoms with Gasteiger partial charge in [0.05, 0.1) is 11.0 Å². The Morgan fingerprint density at radius 2 is 1.74 bits per heavy atom. The minimum absolute atomic E-state index is 0.0851. The Morgan fingerprint density at radius 1 is 1.13 bits per heavy atom. The molecule has 5 heteroatoms. The fourth-order valence-corrected chi connectivity index (χ4v) is 5.33. The quantitative estimate of drug-likeness (QED) is 0.723. The van der Waals surface area contributed by atoms with E-state index in [0.717, 1.165) is 12.8 Å². The summed E-state index contributed by atoms with van der Waals surface area (Å²) in [7, 11) is -5.29. The second-order valence-corrected chi connectivity index (χ2v) is 14.5. The highest BCUT2D eigenvalue weighted by Gasteiger charge is 2.39. The van der Waals surface area contributed by atoms with Crippen LogP contribution in [0.2, 0.25) is 18.1 Å². The Hall–Kier alpha value is -0.913. The van der Waals surface area contributed by atoms with Gasteiger partial charge >= 0.3 is 0 Å². The van der Waals surface area contributed by atoms with Gasteiger partial charge in [0.1, 0.15) is 0 Å². The largest absolute Gasteiger partial charge is 0.411 e. The molecule has 128 valence electrons. The van der Waals surface area contributed by atoms with E-state index in [-0.39, 0.29) is 11.1 Å². The summed E-state index contributed by atoms with van der Waals surface area (Å²) in [5, 5.41) is 0.122. The van der Waals surface area contributed by atoms with Crippen molar-refractivity contribution in [1.29, 1.82) is 0 Å². The highest BCUT2D eigenvalue weighted by Crippen LogP contribution is 2.39. The summed E-state index contributed by atoms with van der Waals surface area (Å²) >= 11 is 0. The Kier molecular flexibility index (Phi) is 5.23. The van der Waals surface area contributed by atoms with E-state index in [2.05, 4.69) is 33.9 Å². The molecule has 0 N–H and O–H groups in total. The Labute approximate surface area is 141 Å². The molecule has 1 aliphatic rings. The average molecular weight is 353 g/mol. The van der Waals surface area contributed by atoms with Crippen LogP contribution in [0.3, 0.4) is 0 Å². The molecule has 0 radical (unpaired) electrons.